The molecule has 1 heterocycles. The number of nitrogens with zero attached hydrogens (tertiary/aromatic N) is 1. The van der Waals surface area contributed by atoms with Crippen LogP contribution in [0.2, 0.25) is 0 Å². The third-order valence-corrected chi connectivity index (χ3v) is 5.03. The molecule has 2 rings (SSSR count). The lowest BCUT2D eigenvalue weighted by molar-refractivity contribution is -0.137. The van der Waals surface area contributed by atoms with Gasteiger partial charge in [0.25, 0.3) is 5.91 Å². The minimum Gasteiger partial charge on any atom is -0.340 e. The van der Waals surface area contributed by atoms with Gasteiger partial charge >= 0.3 is 0 Å². The monoisotopic (exact) mass is 367 g/mol. The molecule has 1 aromatic rings. The SMILES string of the molecule is CC(C)C(NC(=O)c1c(F)cccc1F)C(=O)N1CCC(N)C(C)(C)C1. The van der Waals surface area contributed by atoms with Crippen LogP contribution in [-0.4, -0.2) is 41.9 Å². The van der Waals surface area contributed by atoms with E-state index in [1.807, 2.05) is 13.8 Å². The number of nitrogens with one attached hydrogen (secondary N) is 1. The summed E-state index contributed by atoms with van der Waals surface area (Å²) >= 11 is 0. The van der Waals surface area contributed by atoms with E-state index >= 15 is 0 Å². The molecule has 0 radical (unpaired) electrons. The molecule has 1 saturated heterocycles. The predicted molar refractivity (Wildman–Crippen MR) is 95.4 cm³/mol. The maximum Gasteiger partial charge on any atom is 0.257 e. The van der Waals surface area contributed by atoms with Crippen LogP contribution in [0.1, 0.15) is 44.5 Å². The van der Waals surface area contributed by atoms with Gasteiger partial charge in [-0.25, -0.2) is 8.78 Å². The molecule has 7 heteroatoms. The van der Waals surface area contributed by atoms with E-state index in [4.69, 9.17) is 5.73 Å². The molecule has 5 nitrogen and oxygen atoms in total. The molecule has 0 aromatic heterocycles. The van der Waals surface area contributed by atoms with Gasteiger partial charge in [0.15, 0.2) is 0 Å². The second-order valence-corrected chi connectivity index (χ2v) is 7.94. The number of carbonyl (C=O) groups is 2. The molecule has 2 atom stereocenters. The van der Waals surface area contributed by atoms with E-state index < -0.39 is 29.1 Å². The number of piperidine rings is 1. The van der Waals surface area contributed by atoms with Crippen molar-refractivity contribution >= 4 is 11.8 Å². The fourth-order valence-corrected chi connectivity index (χ4v) is 3.20. The van der Waals surface area contributed by atoms with Gasteiger partial charge in [0.2, 0.25) is 5.91 Å². The van der Waals surface area contributed by atoms with Crippen molar-refractivity contribution in [2.75, 3.05) is 13.1 Å². The van der Waals surface area contributed by atoms with Gasteiger partial charge in [-0.1, -0.05) is 33.8 Å². The number of amides is 2. The molecule has 1 aliphatic rings. The van der Waals surface area contributed by atoms with Gasteiger partial charge in [0, 0.05) is 19.1 Å². The third-order valence-electron chi connectivity index (χ3n) is 5.03. The average molecular weight is 367 g/mol. The molecule has 26 heavy (non-hydrogen) atoms. The molecule has 0 bridgehead atoms. The summed E-state index contributed by atoms with van der Waals surface area (Å²) in [6, 6.07) is 2.33. The topological polar surface area (TPSA) is 75.4 Å². The van der Waals surface area contributed by atoms with Crippen molar-refractivity contribution < 1.29 is 18.4 Å². The van der Waals surface area contributed by atoms with Crippen molar-refractivity contribution in [3.63, 3.8) is 0 Å². The number of benzene rings is 1. The van der Waals surface area contributed by atoms with Gasteiger partial charge < -0.3 is 16.0 Å². The number of nitrogens with two attached hydrogens (primary N) is 1. The van der Waals surface area contributed by atoms with Crippen LogP contribution >= 0.6 is 0 Å². The minimum atomic E-state index is -0.956. The van der Waals surface area contributed by atoms with Gasteiger partial charge in [-0.3, -0.25) is 9.59 Å². The van der Waals surface area contributed by atoms with Crippen LogP contribution in [0.3, 0.4) is 0 Å². The van der Waals surface area contributed by atoms with Crippen molar-refractivity contribution in [2.24, 2.45) is 17.1 Å². The van der Waals surface area contributed by atoms with Crippen LogP contribution in [0.4, 0.5) is 8.78 Å². The molecule has 0 aliphatic carbocycles. The Morgan fingerprint density at radius 1 is 1.27 bits per heavy atom. The molecule has 2 amide bonds. The van der Waals surface area contributed by atoms with Crippen LogP contribution in [0.25, 0.3) is 0 Å². The first-order valence-electron chi connectivity index (χ1n) is 8.84. The Labute approximate surface area is 152 Å². The van der Waals surface area contributed by atoms with Gasteiger partial charge in [-0.15, -0.1) is 0 Å². The predicted octanol–water partition coefficient (Wildman–Crippen LogP) is 2.30. The van der Waals surface area contributed by atoms with Crippen molar-refractivity contribution in [1.29, 1.82) is 0 Å². The van der Waals surface area contributed by atoms with Crippen LogP contribution in [-0.2, 0) is 4.79 Å². The van der Waals surface area contributed by atoms with E-state index in [1.165, 1.54) is 6.07 Å². The van der Waals surface area contributed by atoms with Crippen LogP contribution in [0, 0.1) is 23.0 Å². The Morgan fingerprint density at radius 3 is 2.35 bits per heavy atom. The maximum atomic E-state index is 13.8. The van der Waals surface area contributed by atoms with Gasteiger partial charge in [0.05, 0.1) is 0 Å². The maximum absolute atomic E-state index is 13.8. The Balaban J connectivity index is 2.19. The standard InChI is InChI=1S/C19H27F2N3O2/c1-11(2)16(18(26)24-9-8-14(22)19(3,4)10-24)23-17(25)15-12(20)6-5-7-13(15)21/h5-7,11,14,16H,8-10,22H2,1-4H3,(H,23,25). The second kappa shape index (κ2) is 7.70. The zero-order chi connectivity index (χ0) is 19.6. The molecule has 1 aromatic carbocycles. The lowest BCUT2D eigenvalue weighted by atomic mass is 9.79. The lowest BCUT2D eigenvalue weighted by Crippen LogP contribution is -2.59. The highest BCUT2D eigenvalue weighted by Gasteiger charge is 2.38. The first kappa shape index (κ1) is 20.3. The first-order chi connectivity index (χ1) is 12.0. The fraction of sp³-hybridized carbons (Fsp3) is 0.579. The first-order valence-corrected chi connectivity index (χ1v) is 8.84. The number of carbonyl (C=O) groups excluding carboxylic acids is 2. The largest absolute Gasteiger partial charge is 0.340 e. The van der Waals surface area contributed by atoms with E-state index in [-0.39, 0.29) is 23.3 Å². The van der Waals surface area contributed by atoms with E-state index in [0.717, 1.165) is 12.1 Å². The summed E-state index contributed by atoms with van der Waals surface area (Å²) in [7, 11) is 0. The molecule has 144 valence electrons. The van der Waals surface area contributed by atoms with Crippen LogP contribution in [0.15, 0.2) is 18.2 Å². The van der Waals surface area contributed by atoms with E-state index in [0.29, 0.717) is 19.5 Å². The van der Waals surface area contributed by atoms with Crippen molar-refractivity contribution in [2.45, 2.75) is 46.2 Å². The molecular weight excluding hydrogens is 340 g/mol. The summed E-state index contributed by atoms with van der Waals surface area (Å²) in [6.07, 6.45) is 0.666. The molecule has 1 fully saturated rings. The number of likely N-dealkylation sites (tertiary alicyclic amines) is 1. The smallest absolute Gasteiger partial charge is 0.257 e. The lowest BCUT2D eigenvalue weighted by Gasteiger charge is -2.44. The van der Waals surface area contributed by atoms with E-state index in [9.17, 15) is 18.4 Å². The molecule has 3 N–H and O–H groups in total. The van der Waals surface area contributed by atoms with Gasteiger partial charge in [0.1, 0.15) is 23.2 Å². The number of hydrogen-bond acceptors (Lipinski definition) is 3. The molecular formula is C19H27F2N3O2. The average Bonchev–Trinajstić information content (AvgIpc) is 2.54. The molecule has 2 unspecified atom stereocenters. The zero-order valence-electron chi connectivity index (χ0n) is 15.7. The Bertz CT molecular complexity index is 671. The molecule has 0 saturated carbocycles. The highest BCUT2D eigenvalue weighted by atomic mass is 19.1. The summed E-state index contributed by atoms with van der Waals surface area (Å²) in [5, 5.41) is 2.51. The van der Waals surface area contributed by atoms with Crippen LogP contribution < -0.4 is 11.1 Å². The zero-order valence-corrected chi connectivity index (χ0v) is 15.7. The quantitative estimate of drug-likeness (QED) is 0.857. The van der Waals surface area contributed by atoms with Crippen molar-refractivity contribution in [3.05, 3.63) is 35.4 Å². The Kier molecular flexibility index (Phi) is 6.01. The van der Waals surface area contributed by atoms with Gasteiger partial charge in [-0.2, -0.15) is 0 Å². The summed E-state index contributed by atoms with van der Waals surface area (Å²) in [5.41, 5.74) is 5.20. The molecule has 0 spiro atoms. The Hall–Kier alpha value is -2.02. The van der Waals surface area contributed by atoms with E-state index in [1.54, 1.807) is 18.7 Å². The number of rotatable bonds is 4. The van der Waals surface area contributed by atoms with Crippen molar-refractivity contribution in [3.8, 4) is 0 Å². The normalized spacial score (nSPS) is 20.8. The second-order valence-electron chi connectivity index (χ2n) is 7.94. The highest BCUT2D eigenvalue weighted by Crippen LogP contribution is 2.28. The number of hydrogen-bond donors (Lipinski definition) is 2. The fourth-order valence-electron chi connectivity index (χ4n) is 3.20. The van der Waals surface area contributed by atoms with Crippen molar-refractivity contribution in [1.82, 2.24) is 10.2 Å². The third kappa shape index (κ3) is 4.20. The summed E-state index contributed by atoms with van der Waals surface area (Å²) < 4.78 is 27.7. The summed E-state index contributed by atoms with van der Waals surface area (Å²) in [6.45, 7) is 8.52. The minimum absolute atomic E-state index is 0.00819. The van der Waals surface area contributed by atoms with Gasteiger partial charge in [-0.05, 0) is 29.9 Å². The van der Waals surface area contributed by atoms with Crippen LogP contribution in [0.5, 0.6) is 0 Å². The highest BCUT2D eigenvalue weighted by molar-refractivity contribution is 5.98. The summed E-state index contributed by atoms with van der Waals surface area (Å²) in [5.74, 6) is -3.34. The summed E-state index contributed by atoms with van der Waals surface area (Å²) in [4.78, 5) is 27.0. The Morgan fingerprint density at radius 2 is 1.85 bits per heavy atom. The number of halogens is 2. The van der Waals surface area contributed by atoms with E-state index in [2.05, 4.69) is 5.32 Å². The molecule has 1 aliphatic heterocycles.